The number of thiocarbonyl (C=S) groups is 1. The lowest BCUT2D eigenvalue weighted by Crippen LogP contribution is -2.47. The van der Waals surface area contributed by atoms with Crippen molar-refractivity contribution in [1.29, 1.82) is 0 Å². The molecule has 39 heavy (non-hydrogen) atoms. The zero-order valence-electron chi connectivity index (χ0n) is 22.1. The summed E-state index contributed by atoms with van der Waals surface area (Å²) in [6.07, 6.45) is 0.997. The first-order chi connectivity index (χ1) is 19.1. The lowest BCUT2D eigenvalue weighted by molar-refractivity contribution is 0.478. The number of aryl methyl sites for hydroxylation is 1. The summed E-state index contributed by atoms with van der Waals surface area (Å²) in [6, 6.07) is 25.3. The molecule has 2 aliphatic rings. The highest BCUT2D eigenvalue weighted by molar-refractivity contribution is 7.80. The molecule has 6 rings (SSSR count). The van der Waals surface area contributed by atoms with Gasteiger partial charge in [0, 0.05) is 51.0 Å². The van der Waals surface area contributed by atoms with E-state index in [1.165, 1.54) is 16.8 Å². The summed E-state index contributed by atoms with van der Waals surface area (Å²) in [5.41, 5.74) is 4.02. The van der Waals surface area contributed by atoms with Gasteiger partial charge in [-0.3, -0.25) is 0 Å². The minimum Gasteiger partial charge on any atom is -0.465 e. The van der Waals surface area contributed by atoms with Crippen LogP contribution in [0.2, 0.25) is 0 Å². The number of rotatable bonds is 6. The van der Waals surface area contributed by atoms with Crippen LogP contribution in [-0.2, 0) is 19.5 Å². The number of aromatic nitrogens is 2. The van der Waals surface area contributed by atoms with Crippen LogP contribution < -0.4 is 25.3 Å². The molecule has 1 saturated heterocycles. The summed E-state index contributed by atoms with van der Waals surface area (Å²) in [5.74, 6) is 4.03. The summed E-state index contributed by atoms with van der Waals surface area (Å²) in [4.78, 5) is 16.9. The summed E-state index contributed by atoms with van der Waals surface area (Å²) >= 11 is 5.59. The third-order valence-electron chi connectivity index (χ3n) is 7.32. The van der Waals surface area contributed by atoms with Crippen LogP contribution >= 0.6 is 12.2 Å². The standard InChI is InChI=1S/C30H33N7OS/c1-22-11-12-26(38-22)20-31-30(39)34-29-32-27(36-17-15-35(16-18-36)25-9-3-2-4-10-25)19-28(33-29)37-14-13-23-7-5-6-8-24(23)21-37/h2-12,19H,13-18,20-21H2,1H3,(H2,31,32,33,34,39). The van der Waals surface area contributed by atoms with Crippen molar-refractivity contribution >= 4 is 40.6 Å². The number of hydrogen-bond donors (Lipinski definition) is 2. The van der Waals surface area contributed by atoms with E-state index in [1.54, 1.807) is 0 Å². The van der Waals surface area contributed by atoms with Crippen molar-refractivity contribution in [3.8, 4) is 0 Å². The van der Waals surface area contributed by atoms with E-state index in [-0.39, 0.29) is 0 Å². The molecule has 0 spiro atoms. The van der Waals surface area contributed by atoms with Gasteiger partial charge in [-0.1, -0.05) is 42.5 Å². The topological polar surface area (TPSA) is 72.7 Å². The smallest absolute Gasteiger partial charge is 0.232 e. The first kappa shape index (κ1) is 25.2. The van der Waals surface area contributed by atoms with E-state index in [9.17, 15) is 0 Å². The number of para-hydroxylation sites is 1. The highest BCUT2D eigenvalue weighted by Crippen LogP contribution is 2.28. The normalized spacial score (nSPS) is 15.2. The number of nitrogens with zero attached hydrogens (tertiary/aromatic N) is 5. The van der Waals surface area contributed by atoms with Crippen LogP contribution in [0.4, 0.5) is 23.3 Å². The summed E-state index contributed by atoms with van der Waals surface area (Å²) < 4.78 is 5.65. The molecule has 0 radical (unpaired) electrons. The fraction of sp³-hybridized carbons (Fsp3) is 0.300. The van der Waals surface area contributed by atoms with E-state index in [2.05, 4.69) is 86.0 Å². The molecule has 0 atom stereocenters. The Bertz CT molecular complexity index is 1430. The maximum atomic E-state index is 5.65. The van der Waals surface area contributed by atoms with E-state index in [0.29, 0.717) is 17.6 Å². The second kappa shape index (κ2) is 11.3. The molecule has 2 aliphatic heterocycles. The van der Waals surface area contributed by atoms with Gasteiger partial charge in [0.25, 0.3) is 0 Å². The highest BCUT2D eigenvalue weighted by atomic mass is 32.1. The lowest BCUT2D eigenvalue weighted by atomic mass is 10.00. The summed E-state index contributed by atoms with van der Waals surface area (Å²) in [5, 5.41) is 6.90. The van der Waals surface area contributed by atoms with Crippen molar-refractivity contribution in [2.24, 2.45) is 0 Å². The predicted molar refractivity (Wildman–Crippen MR) is 161 cm³/mol. The van der Waals surface area contributed by atoms with Gasteiger partial charge in [-0.25, -0.2) is 0 Å². The van der Waals surface area contributed by atoms with E-state index < -0.39 is 0 Å². The molecule has 4 heterocycles. The number of fused-ring (bicyclic) bond motifs is 1. The summed E-state index contributed by atoms with van der Waals surface area (Å²) in [6.45, 7) is 7.81. The van der Waals surface area contributed by atoms with Crippen LogP contribution in [0.25, 0.3) is 0 Å². The molecular formula is C30H33N7OS. The lowest BCUT2D eigenvalue weighted by Gasteiger charge is -2.37. The van der Waals surface area contributed by atoms with E-state index >= 15 is 0 Å². The number of nitrogens with one attached hydrogen (secondary N) is 2. The van der Waals surface area contributed by atoms with E-state index in [1.807, 2.05) is 19.1 Å². The van der Waals surface area contributed by atoms with Gasteiger partial charge in [-0.05, 0) is 61.0 Å². The SMILES string of the molecule is Cc1ccc(CNC(=S)Nc2nc(N3CCN(c4ccccc4)CC3)cc(N3CCc4ccccc4C3)n2)o1. The molecule has 2 N–H and O–H groups in total. The molecule has 0 unspecified atom stereocenters. The Labute approximate surface area is 234 Å². The number of furan rings is 1. The zero-order valence-corrected chi connectivity index (χ0v) is 23.0. The molecule has 8 nitrogen and oxygen atoms in total. The van der Waals surface area contributed by atoms with E-state index in [0.717, 1.165) is 68.8 Å². The third-order valence-corrected chi connectivity index (χ3v) is 7.57. The average molecular weight is 540 g/mol. The number of hydrogen-bond acceptors (Lipinski definition) is 7. The van der Waals surface area contributed by atoms with Gasteiger partial charge >= 0.3 is 0 Å². The Balaban J connectivity index is 1.20. The van der Waals surface area contributed by atoms with Crippen LogP contribution in [0.3, 0.4) is 0 Å². The molecule has 2 aromatic carbocycles. The Morgan fingerprint density at radius 2 is 1.51 bits per heavy atom. The molecular weight excluding hydrogens is 506 g/mol. The predicted octanol–water partition coefficient (Wildman–Crippen LogP) is 4.75. The van der Waals surface area contributed by atoms with Crippen LogP contribution in [0.5, 0.6) is 0 Å². The van der Waals surface area contributed by atoms with Gasteiger partial charge in [0.2, 0.25) is 5.95 Å². The highest BCUT2D eigenvalue weighted by Gasteiger charge is 2.23. The van der Waals surface area contributed by atoms with Crippen LogP contribution in [0.1, 0.15) is 22.6 Å². The van der Waals surface area contributed by atoms with Crippen molar-refractivity contribution < 1.29 is 4.42 Å². The Morgan fingerprint density at radius 1 is 0.821 bits per heavy atom. The molecule has 0 saturated carbocycles. The molecule has 1 fully saturated rings. The zero-order chi connectivity index (χ0) is 26.6. The number of anilines is 4. The molecule has 0 bridgehead atoms. The largest absolute Gasteiger partial charge is 0.465 e. The van der Waals surface area contributed by atoms with Gasteiger partial charge in [0.1, 0.15) is 23.2 Å². The fourth-order valence-corrected chi connectivity index (χ4v) is 5.38. The van der Waals surface area contributed by atoms with Gasteiger partial charge < -0.3 is 29.8 Å². The van der Waals surface area contributed by atoms with Crippen LogP contribution in [-0.4, -0.2) is 47.8 Å². The van der Waals surface area contributed by atoms with Gasteiger partial charge in [0.05, 0.1) is 6.54 Å². The van der Waals surface area contributed by atoms with Crippen molar-refractivity contribution in [2.75, 3.05) is 52.7 Å². The van der Waals surface area contributed by atoms with Crippen LogP contribution in [0.15, 0.2) is 77.2 Å². The van der Waals surface area contributed by atoms with Crippen molar-refractivity contribution in [3.63, 3.8) is 0 Å². The molecule has 4 aromatic rings. The van der Waals surface area contributed by atoms with Crippen molar-refractivity contribution in [3.05, 3.63) is 95.4 Å². The Kier molecular flexibility index (Phi) is 7.31. The maximum absolute atomic E-state index is 5.65. The second-order valence-electron chi connectivity index (χ2n) is 9.98. The number of benzene rings is 2. The number of piperazine rings is 1. The van der Waals surface area contributed by atoms with Gasteiger partial charge in [0.15, 0.2) is 5.11 Å². The first-order valence-electron chi connectivity index (χ1n) is 13.5. The van der Waals surface area contributed by atoms with Crippen molar-refractivity contribution in [2.45, 2.75) is 26.4 Å². The molecule has 9 heteroatoms. The van der Waals surface area contributed by atoms with Gasteiger partial charge in [-0.15, -0.1) is 0 Å². The van der Waals surface area contributed by atoms with Crippen LogP contribution in [0, 0.1) is 6.92 Å². The Hall–Kier alpha value is -4.11. The third kappa shape index (κ3) is 5.98. The monoisotopic (exact) mass is 539 g/mol. The molecule has 2 aromatic heterocycles. The molecule has 0 aliphatic carbocycles. The molecule has 0 amide bonds. The first-order valence-corrected chi connectivity index (χ1v) is 13.9. The van der Waals surface area contributed by atoms with Gasteiger partial charge in [-0.2, -0.15) is 9.97 Å². The summed E-state index contributed by atoms with van der Waals surface area (Å²) in [7, 11) is 0. The minimum absolute atomic E-state index is 0.463. The Morgan fingerprint density at radius 3 is 2.26 bits per heavy atom. The van der Waals surface area contributed by atoms with E-state index in [4.69, 9.17) is 26.6 Å². The maximum Gasteiger partial charge on any atom is 0.232 e. The quantitative estimate of drug-likeness (QED) is 0.338. The van der Waals surface area contributed by atoms with Crippen molar-refractivity contribution in [1.82, 2.24) is 15.3 Å². The second-order valence-corrected chi connectivity index (χ2v) is 10.4. The molecule has 200 valence electrons. The minimum atomic E-state index is 0.463. The fourth-order valence-electron chi connectivity index (χ4n) is 5.22. The average Bonchev–Trinajstić information content (AvgIpc) is 3.41.